The molecule has 0 aliphatic heterocycles. The molecular formula is C38H75NO4. The Morgan fingerprint density at radius 3 is 1.28 bits per heavy atom. The summed E-state index contributed by atoms with van der Waals surface area (Å²) in [4.78, 5) is 12.4. The van der Waals surface area contributed by atoms with E-state index >= 15 is 0 Å². The molecule has 0 radical (unpaired) electrons. The first-order valence-electron chi connectivity index (χ1n) is 19.0. The normalized spacial score (nSPS) is 13.9. The first-order chi connectivity index (χ1) is 21.1. The van der Waals surface area contributed by atoms with Gasteiger partial charge in [0.1, 0.15) is 6.10 Å². The Morgan fingerprint density at radius 2 is 0.884 bits per heavy atom. The third-order valence-corrected chi connectivity index (χ3v) is 8.88. The van der Waals surface area contributed by atoms with Crippen LogP contribution < -0.4 is 5.32 Å². The van der Waals surface area contributed by atoms with Crippen LogP contribution in [0.5, 0.6) is 0 Å². The van der Waals surface area contributed by atoms with Crippen LogP contribution in [-0.2, 0) is 4.79 Å². The van der Waals surface area contributed by atoms with Gasteiger partial charge < -0.3 is 20.6 Å². The molecule has 0 bridgehead atoms. The Labute approximate surface area is 268 Å². The maximum Gasteiger partial charge on any atom is 0.249 e. The zero-order chi connectivity index (χ0) is 31.6. The summed E-state index contributed by atoms with van der Waals surface area (Å²) in [5.74, 6) is -0.477. The Balaban J connectivity index is 3.63. The molecule has 0 saturated heterocycles. The zero-order valence-corrected chi connectivity index (χ0v) is 28.8. The van der Waals surface area contributed by atoms with Gasteiger partial charge in [0, 0.05) is 0 Å². The molecule has 1 amide bonds. The van der Waals surface area contributed by atoms with Crippen LogP contribution in [0.4, 0.5) is 0 Å². The second kappa shape index (κ2) is 34.0. The summed E-state index contributed by atoms with van der Waals surface area (Å²) in [6, 6.07) is -0.708. The van der Waals surface area contributed by atoms with Crippen LogP contribution in [0.2, 0.25) is 0 Å². The third kappa shape index (κ3) is 29.6. The SMILES string of the molecule is CCCCCCCCCCCC/C=C\CCCCCCCCC(O)C(=O)NC(CO)C(O)CCCCCCCCCCC. The van der Waals surface area contributed by atoms with Crippen LogP contribution in [0, 0.1) is 0 Å². The topological polar surface area (TPSA) is 89.8 Å². The standard InChI is InChI=1S/C38H75NO4/c1-3-5-7-9-11-13-14-15-16-17-18-19-20-21-22-23-25-27-29-31-33-37(42)38(43)39-35(34-40)36(41)32-30-28-26-24-12-10-8-6-4-2/h19-20,35-37,40-42H,3-18,21-34H2,1-2H3,(H,39,43)/b20-19-. The van der Waals surface area contributed by atoms with Crippen molar-refractivity contribution in [1.29, 1.82) is 0 Å². The number of hydrogen-bond donors (Lipinski definition) is 4. The molecule has 0 fully saturated rings. The van der Waals surface area contributed by atoms with E-state index in [2.05, 4.69) is 31.3 Å². The lowest BCUT2D eigenvalue weighted by Gasteiger charge is -2.23. The minimum absolute atomic E-state index is 0.314. The molecule has 0 aliphatic rings. The van der Waals surface area contributed by atoms with E-state index in [9.17, 15) is 20.1 Å². The molecule has 0 saturated carbocycles. The van der Waals surface area contributed by atoms with Gasteiger partial charge in [-0.3, -0.25) is 4.79 Å². The highest BCUT2D eigenvalue weighted by molar-refractivity contribution is 5.80. The zero-order valence-electron chi connectivity index (χ0n) is 28.8. The van der Waals surface area contributed by atoms with E-state index in [1.807, 2.05) is 0 Å². The van der Waals surface area contributed by atoms with Crippen LogP contribution in [0.1, 0.15) is 200 Å². The minimum Gasteiger partial charge on any atom is -0.394 e. The van der Waals surface area contributed by atoms with Crippen LogP contribution in [0.3, 0.4) is 0 Å². The molecule has 256 valence electrons. The highest BCUT2D eigenvalue weighted by atomic mass is 16.3. The molecule has 0 rings (SSSR count). The Morgan fingerprint density at radius 1 is 0.535 bits per heavy atom. The van der Waals surface area contributed by atoms with Crippen molar-refractivity contribution in [2.45, 2.75) is 218 Å². The maximum atomic E-state index is 12.4. The van der Waals surface area contributed by atoms with Crippen molar-refractivity contribution in [3.05, 3.63) is 12.2 Å². The van der Waals surface area contributed by atoms with E-state index in [-0.39, 0.29) is 6.61 Å². The summed E-state index contributed by atoms with van der Waals surface area (Å²) >= 11 is 0. The number of aliphatic hydroxyl groups excluding tert-OH is 3. The molecule has 0 aromatic heterocycles. The summed E-state index contributed by atoms with van der Waals surface area (Å²) in [5, 5.41) is 33.0. The molecule has 0 heterocycles. The fraction of sp³-hybridized carbons (Fsp3) is 0.921. The molecule has 5 heteroatoms. The van der Waals surface area contributed by atoms with Crippen molar-refractivity contribution in [1.82, 2.24) is 5.32 Å². The first-order valence-corrected chi connectivity index (χ1v) is 19.0. The predicted octanol–water partition coefficient (Wildman–Crippen LogP) is 10.1. The van der Waals surface area contributed by atoms with Crippen LogP contribution in [0.15, 0.2) is 12.2 Å². The van der Waals surface area contributed by atoms with Crippen molar-refractivity contribution in [3.8, 4) is 0 Å². The van der Waals surface area contributed by atoms with Gasteiger partial charge in [0.25, 0.3) is 0 Å². The predicted molar refractivity (Wildman–Crippen MR) is 185 cm³/mol. The largest absolute Gasteiger partial charge is 0.394 e. The molecular weight excluding hydrogens is 534 g/mol. The van der Waals surface area contributed by atoms with Gasteiger partial charge in [0.2, 0.25) is 5.91 Å². The smallest absolute Gasteiger partial charge is 0.249 e. The second-order valence-corrected chi connectivity index (χ2v) is 13.1. The van der Waals surface area contributed by atoms with Crippen LogP contribution in [-0.4, -0.2) is 46.1 Å². The molecule has 0 spiro atoms. The molecule has 5 nitrogen and oxygen atoms in total. The quantitative estimate of drug-likeness (QED) is 0.0432. The lowest BCUT2D eigenvalue weighted by Crippen LogP contribution is -2.49. The monoisotopic (exact) mass is 610 g/mol. The lowest BCUT2D eigenvalue weighted by atomic mass is 10.0. The molecule has 0 aliphatic carbocycles. The van der Waals surface area contributed by atoms with Gasteiger partial charge in [-0.15, -0.1) is 0 Å². The van der Waals surface area contributed by atoms with Gasteiger partial charge in [-0.1, -0.05) is 174 Å². The van der Waals surface area contributed by atoms with E-state index in [0.29, 0.717) is 12.8 Å². The number of amides is 1. The van der Waals surface area contributed by atoms with Crippen LogP contribution in [0.25, 0.3) is 0 Å². The number of allylic oxidation sites excluding steroid dienone is 2. The van der Waals surface area contributed by atoms with Crippen molar-refractivity contribution >= 4 is 5.91 Å². The average Bonchev–Trinajstić information content (AvgIpc) is 3.01. The number of rotatable bonds is 34. The van der Waals surface area contributed by atoms with Gasteiger partial charge in [-0.05, 0) is 38.5 Å². The molecule has 0 aromatic rings. The minimum atomic E-state index is -1.07. The van der Waals surface area contributed by atoms with Gasteiger partial charge in [-0.25, -0.2) is 0 Å². The average molecular weight is 610 g/mol. The van der Waals surface area contributed by atoms with E-state index in [1.54, 1.807) is 0 Å². The number of carbonyl (C=O) groups is 1. The van der Waals surface area contributed by atoms with Gasteiger partial charge in [0.15, 0.2) is 0 Å². The van der Waals surface area contributed by atoms with Crippen molar-refractivity contribution in [2.24, 2.45) is 0 Å². The van der Waals surface area contributed by atoms with Crippen molar-refractivity contribution in [3.63, 3.8) is 0 Å². The summed E-state index contributed by atoms with van der Waals surface area (Å²) in [7, 11) is 0. The number of hydrogen-bond acceptors (Lipinski definition) is 4. The number of aliphatic hydroxyl groups is 3. The number of carbonyl (C=O) groups excluding carboxylic acids is 1. The van der Waals surface area contributed by atoms with Gasteiger partial charge in [-0.2, -0.15) is 0 Å². The Kier molecular flexibility index (Phi) is 33.3. The second-order valence-electron chi connectivity index (χ2n) is 13.1. The van der Waals surface area contributed by atoms with E-state index in [0.717, 1.165) is 32.1 Å². The molecule has 3 unspecified atom stereocenters. The summed E-state index contributed by atoms with van der Waals surface area (Å²) in [6.45, 7) is 4.20. The molecule has 3 atom stereocenters. The Hall–Kier alpha value is -0.910. The molecule has 0 aromatic carbocycles. The molecule has 43 heavy (non-hydrogen) atoms. The van der Waals surface area contributed by atoms with Crippen molar-refractivity contribution < 1.29 is 20.1 Å². The van der Waals surface area contributed by atoms with Crippen LogP contribution >= 0.6 is 0 Å². The summed E-state index contributed by atoms with van der Waals surface area (Å²) < 4.78 is 0. The first kappa shape index (κ1) is 42.1. The van der Waals surface area contributed by atoms with Gasteiger partial charge >= 0.3 is 0 Å². The van der Waals surface area contributed by atoms with Gasteiger partial charge in [0.05, 0.1) is 18.8 Å². The van der Waals surface area contributed by atoms with Crippen molar-refractivity contribution in [2.75, 3.05) is 6.61 Å². The van der Waals surface area contributed by atoms with E-state index in [1.165, 1.54) is 141 Å². The summed E-state index contributed by atoms with van der Waals surface area (Å²) in [5.41, 5.74) is 0. The fourth-order valence-corrected chi connectivity index (χ4v) is 5.83. The van der Waals surface area contributed by atoms with E-state index in [4.69, 9.17) is 0 Å². The number of unbranched alkanes of at least 4 members (excludes halogenated alkanes) is 24. The lowest BCUT2D eigenvalue weighted by molar-refractivity contribution is -0.131. The highest BCUT2D eigenvalue weighted by Gasteiger charge is 2.23. The molecule has 4 N–H and O–H groups in total. The van der Waals surface area contributed by atoms with E-state index < -0.39 is 24.2 Å². The highest BCUT2D eigenvalue weighted by Crippen LogP contribution is 2.15. The third-order valence-electron chi connectivity index (χ3n) is 8.88. The summed E-state index contributed by atoms with van der Waals surface area (Å²) in [6.07, 6.45) is 37.8. The number of nitrogens with one attached hydrogen (secondary N) is 1. The fourth-order valence-electron chi connectivity index (χ4n) is 5.83. The maximum absolute atomic E-state index is 12.4. The Bertz CT molecular complexity index is 596.